The maximum Gasteiger partial charge on any atom is 0.233 e. The van der Waals surface area contributed by atoms with Gasteiger partial charge in [0, 0.05) is 29.7 Å². The van der Waals surface area contributed by atoms with Crippen LogP contribution in [0.2, 0.25) is 0 Å². The maximum atomic E-state index is 12.7. The Morgan fingerprint density at radius 3 is 2.81 bits per heavy atom. The van der Waals surface area contributed by atoms with Crippen molar-refractivity contribution in [3.8, 4) is 17.2 Å². The largest absolute Gasteiger partial charge is 0.376 e. The number of nitrogens with zero attached hydrogens (tertiary/aromatic N) is 3. The fraction of sp³-hybridized carbons (Fsp3) is 0.292. The minimum atomic E-state index is -0.321. The molecule has 7 nitrogen and oxygen atoms in total. The van der Waals surface area contributed by atoms with Gasteiger partial charge in [-0.05, 0) is 44.0 Å². The SMILES string of the molecule is CC(Sc1nnc(-c2cc3ccccc3[nH]2)n1-c1ccccc1)C(=O)NCC1CCCO1. The summed E-state index contributed by atoms with van der Waals surface area (Å²) in [6.45, 7) is 3.22. The zero-order valence-electron chi connectivity index (χ0n) is 17.8. The Morgan fingerprint density at radius 1 is 1.22 bits per heavy atom. The summed E-state index contributed by atoms with van der Waals surface area (Å²) in [5.74, 6) is 0.683. The molecular weight excluding hydrogens is 422 g/mol. The Bertz CT molecular complexity index is 1180. The number of carbonyl (C=O) groups excluding carboxylic acids is 1. The highest BCUT2D eigenvalue weighted by molar-refractivity contribution is 8.00. The normalized spacial score (nSPS) is 17.0. The molecule has 1 saturated heterocycles. The van der Waals surface area contributed by atoms with Crippen LogP contribution < -0.4 is 5.32 Å². The second kappa shape index (κ2) is 9.18. The van der Waals surface area contributed by atoms with Crippen molar-refractivity contribution in [1.29, 1.82) is 0 Å². The summed E-state index contributed by atoms with van der Waals surface area (Å²) in [7, 11) is 0. The van der Waals surface area contributed by atoms with E-state index < -0.39 is 0 Å². The van der Waals surface area contributed by atoms with E-state index in [1.807, 2.05) is 60.0 Å². The topological polar surface area (TPSA) is 84.8 Å². The average molecular weight is 448 g/mol. The molecule has 2 atom stereocenters. The molecule has 2 aromatic heterocycles. The third-order valence-electron chi connectivity index (χ3n) is 5.60. The molecule has 1 aliphatic heterocycles. The van der Waals surface area contributed by atoms with Crippen LogP contribution in [-0.2, 0) is 9.53 Å². The predicted octanol–water partition coefficient (Wildman–Crippen LogP) is 4.19. The van der Waals surface area contributed by atoms with E-state index in [2.05, 4.69) is 32.6 Å². The number of hydrogen-bond donors (Lipinski definition) is 2. The van der Waals surface area contributed by atoms with Crippen LogP contribution in [0.1, 0.15) is 19.8 Å². The van der Waals surface area contributed by atoms with Crippen molar-refractivity contribution in [1.82, 2.24) is 25.1 Å². The number of hydrogen-bond acceptors (Lipinski definition) is 5. The molecule has 0 aliphatic carbocycles. The molecule has 5 rings (SSSR count). The summed E-state index contributed by atoms with van der Waals surface area (Å²) in [6.07, 6.45) is 2.18. The summed E-state index contributed by atoms with van der Waals surface area (Å²) in [4.78, 5) is 16.1. The Morgan fingerprint density at radius 2 is 2.03 bits per heavy atom. The number of fused-ring (bicyclic) bond motifs is 1. The molecule has 8 heteroatoms. The lowest BCUT2D eigenvalue weighted by atomic mass is 10.2. The summed E-state index contributed by atoms with van der Waals surface area (Å²) in [5, 5.41) is 13.4. The number of ether oxygens (including phenoxy) is 1. The van der Waals surface area contributed by atoms with Gasteiger partial charge in [0.25, 0.3) is 0 Å². The van der Waals surface area contributed by atoms with Gasteiger partial charge in [-0.2, -0.15) is 0 Å². The van der Waals surface area contributed by atoms with E-state index in [0.29, 0.717) is 17.5 Å². The molecule has 0 spiro atoms. The number of nitrogens with one attached hydrogen (secondary N) is 2. The lowest BCUT2D eigenvalue weighted by molar-refractivity contribution is -0.120. The van der Waals surface area contributed by atoms with Gasteiger partial charge in [0.05, 0.1) is 17.0 Å². The van der Waals surface area contributed by atoms with Crippen molar-refractivity contribution in [3.05, 3.63) is 60.7 Å². The smallest absolute Gasteiger partial charge is 0.233 e. The number of H-pyrrole nitrogens is 1. The predicted molar refractivity (Wildman–Crippen MR) is 126 cm³/mol. The second-order valence-electron chi connectivity index (χ2n) is 7.89. The van der Waals surface area contributed by atoms with Crippen LogP contribution in [0.3, 0.4) is 0 Å². The molecule has 0 radical (unpaired) electrons. The van der Waals surface area contributed by atoms with Gasteiger partial charge in [-0.15, -0.1) is 10.2 Å². The first-order chi connectivity index (χ1) is 15.7. The molecule has 0 saturated carbocycles. The molecule has 1 amide bonds. The van der Waals surface area contributed by atoms with Crippen molar-refractivity contribution < 1.29 is 9.53 Å². The lowest BCUT2D eigenvalue weighted by Gasteiger charge is -2.15. The molecule has 2 N–H and O–H groups in total. The summed E-state index contributed by atoms with van der Waals surface area (Å²) < 4.78 is 7.60. The zero-order chi connectivity index (χ0) is 21.9. The first-order valence-electron chi connectivity index (χ1n) is 10.8. The van der Waals surface area contributed by atoms with Crippen LogP contribution in [-0.4, -0.2) is 50.2 Å². The molecule has 1 aliphatic rings. The van der Waals surface area contributed by atoms with E-state index in [-0.39, 0.29) is 17.3 Å². The van der Waals surface area contributed by atoms with Crippen LogP contribution >= 0.6 is 11.8 Å². The first kappa shape index (κ1) is 20.8. The van der Waals surface area contributed by atoms with Gasteiger partial charge in [-0.25, -0.2) is 0 Å². The monoisotopic (exact) mass is 447 g/mol. The highest BCUT2D eigenvalue weighted by Gasteiger charge is 2.24. The lowest BCUT2D eigenvalue weighted by Crippen LogP contribution is -2.36. The number of amides is 1. The fourth-order valence-electron chi connectivity index (χ4n) is 3.90. The minimum absolute atomic E-state index is 0.0275. The summed E-state index contributed by atoms with van der Waals surface area (Å²) in [5.41, 5.74) is 2.87. The zero-order valence-corrected chi connectivity index (χ0v) is 18.6. The number of rotatable bonds is 7. The van der Waals surface area contributed by atoms with Crippen LogP contribution in [0.4, 0.5) is 0 Å². The van der Waals surface area contributed by atoms with Crippen LogP contribution in [0.5, 0.6) is 0 Å². The van der Waals surface area contributed by atoms with E-state index in [1.54, 1.807) is 0 Å². The molecule has 3 heterocycles. The van der Waals surface area contributed by atoms with Crippen LogP contribution in [0, 0.1) is 0 Å². The molecule has 2 aromatic carbocycles. The number of benzene rings is 2. The van der Waals surface area contributed by atoms with E-state index >= 15 is 0 Å². The van der Waals surface area contributed by atoms with Crippen molar-refractivity contribution in [2.45, 2.75) is 36.3 Å². The molecule has 0 bridgehead atoms. The molecular formula is C24H25N5O2S. The minimum Gasteiger partial charge on any atom is -0.376 e. The molecule has 2 unspecified atom stereocenters. The van der Waals surface area contributed by atoms with Crippen molar-refractivity contribution in [2.75, 3.05) is 13.2 Å². The number of carbonyl (C=O) groups is 1. The van der Waals surface area contributed by atoms with Gasteiger partial charge in [0.1, 0.15) is 0 Å². The van der Waals surface area contributed by atoms with Crippen LogP contribution in [0.25, 0.3) is 28.1 Å². The van der Waals surface area contributed by atoms with Gasteiger partial charge in [0.15, 0.2) is 11.0 Å². The van der Waals surface area contributed by atoms with Crippen molar-refractivity contribution >= 4 is 28.6 Å². The van der Waals surface area contributed by atoms with Gasteiger partial charge in [-0.3, -0.25) is 9.36 Å². The number of para-hydroxylation sites is 2. The standard InChI is InChI=1S/C24H25N5O2S/c1-16(23(30)25-15-19-11-7-13-31-19)32-24-28-27-22(29(24)18-9-3-2-4-10-18)21-14-17-8-5-6-12-20(17)26-21/h2-6,8-10,12,14,16,19,26H,7,11,13,15H2,1H3,(H,25,30). The number of aromatic amines is 1. The highest BCUT2D eigenvalue weighted by Crippen LogP contribution is 2.31. The second-order valence-corrected chi connectivity index (χ2v) is 9.20. The molecule has 32 heavy (non-hydrogen) atoms. The van der Waals surface area contributed by atoms with E-state index in [1.165, 1.54) is 11.8 Å². The van der Waals surface area contributed by atoms with E-state index in [9.17, 15) is 4.79 Å². The third-order valence-corrected chi connectivity index (χ3v) is 6.64. The van der Waals surface area contributed by atoms with Crippen LogP contribution in [0.15, 0.2) is 65.8 Å². The Balaban J connectivity index is 1.42. The van der Waals surface area contributed by atoms with Gasteiger partial charge < -0.3 is 15.0 Å². The van der Waals surface area contributed by atoms with Gasteiger partial charge in [-0.1, -0.05) is 48.2 Å². The number of thioether (sulfide) groups is 1. The van der Waals surface area contributed by atoms with Gasteiger partial charge in [0.2, 0.25) is 5.91 Å². The molecule has 1 fully saturated rings. The van der Waals surface area contributed by atoms with Crippen molar-refractivity contribution in [3.63, 3.8) is 0 Å². The average Bonchev–Trinajstić information content (AvgIpc) is 3.57. The number of aromatic nitrogens is 4. The highest BCUT2D eigenvalue weighted by atomic mass is 32.2. The Kier molecular flexibility index (Phi) is 5.96. The van der Waals surface area contributed by atoms with Gasteiger partial charge >= 0.3 is 0 Å². The fourth-order valence-corrected chi connectivity index (χ4v) is 4.79. The molecule has 4 aromatic rings. The summed E-state index contributed by atoms with van der Waals surface area (Å²) >= 11 is 1.40. The van der Waals surface area contributed by atoms with Crippen molar-refractivity contribution in [2.24, 2.45) is 0 Å². The quantitative estimate of drug-likeness (QED) is 0.415. The summed E-state index contributed by atoms with van der Waals surface area (Å²) in [6, 6.07) is 20.2. The third kappa shape index (κ3) is 4.28. The Labute approximate surface area is 190 Å². The maximum absolute atomic E-state index is 12.7. The Hall–Kier alpha value is -3.10. The molecule has 164 valence electrons. The first-order valence-corrected chi connectivity index (χ1v) is 11.7. The van der Waals surface area contributed by atoms with E-state index in [0.717, 1.165) is 41.7 Å². The van der Waals surface area contributed by atoms with E-state index in [4.69, 9.17) is 4.74 Å².